The topological polar surface area (TPSA) is 38.3 Å². The Bertz CT molecular complexity index is 779. The van der Waals surface area contributed by atoms with Gasteiger partial charge in [0.1, 0.15) is 5.75 Å². The van der Waals surface area contributed by atoms with Crippen molar-refractivity contribution in [2.45, 2.75) is 19.0 Å². The average molecular weight is 392 g/mol. The minimum absolute atomic E-state index is 0.0374. The quantitative estimate of drug-likeness (QED) is 0.720. The maximum atomic E-state index is 12.8. The summed E-state index contributed by atoms with van der Waals surface area (Å²) < 4.78 is 43.6. The molecule has 0 aliphatic heterocycles. The Kier molecular flexibility index (Phi) is 6.19. The Labute approximate surface area is 152 Å². The second-order valence-corrected chi connectivity index (χ2v) is 6.02. The number of alkyl halides is 3. The number of carbonyl (C=O) groups excluding carboxylic acids is 1. The van der Waals surface area contributed by atoms with Crippen LogP contribution in [-0.4, -0.2) is 13.0 Å². The van der Waals surface area contributed by atoms with Crippen molar-refractivity contribution < 1.29 is 22.7 Å². The largest absolute Gasteiger partial charge is 0.495 e. The van der Waals surface area contributed by atoms with Crippen molar-refractivity contribution >= 4 is 34.8 Å². The van der Waals surface area contributed by atoms with Gasteiger partial charge < -0.3 is 10.1 Å². The average Bonchev–Trinajstić information content (AvgIpc) is 2.55. The molecule has 0 unspecified atom stereocenters. The van der Waals surface area contributed by atoms with E-state index in [1.165, 1.54) is 13.2 Å². The number of hydrogen-bond acceptors (Lipinski definition) is 2. The molecule has 0 atom stereocenters. The lowest BCUT2D eigenvalue weighted by Gasteiger charge is -2.12. The second kappa shape index (κ2) is 7.97. The van der Waals surface area contributed by atoms with Gasteiger partial charge in [-0.3, -0.25) is 4.79 Å². The summed E-state index contributed by atoms with van der Waals surface area (Å²) in [5.41, 5.74) is -0.131. The van der Waals surface area contributed by atoms with Crippen molar-refractivity contribution in [1.82, 2.24) is 0 Å². The Hall–Kier alpha value is -1.92. The third-order valence-corrected chi connectivity index (χ3v) is 4.05. The maximum Gasteiger partial charge on any atom is 0.417 e. The Morgan fingerprint density at radius 2 is 1.80 bits per heavy atom. The van der Waals surface area contributed by atoms with Gasteiger partial charge in [-0.25, -0.2) is 0 Å². The minimum Gasteiger partial charge on any atom is -0.495 e. The molecule has 0 aromatic heterocycles. The number of benzene rings is 2. The molecule has 0 bridgehead atoms. The highest BCUT2D eigenvalue weighted by Gasteiger charge is 2.33. The molecule has 0 radical (unpaired) electrons. The van der Waals surface area contributed by atoms with E-state index in [1.807, 2.05) is 0 Å². The first-order valence-electron chi connectivity index (χ1n) is 7.19. The summed E-state index contributed by atoms with van der Waals surface area (Å²) >= 11 is 11.5. The van der Waals surface area contributed by atoms with Gasteiger partial charge in [-0.05, 0) is 42.3 Å². The molecule has 0 saturated heterocycles. The summed E-state index contributed by atoms with van der Waals surface area (Å²) in [4.78, 5) is 12.0. The number of ether oxygens (including phenoxy) is 1. The van der Waals surface area contributed by atoms with Gasteiger partial charge in [-0.2, -0.15) is 13.2 Å². The smallest absolute Gasteiger partial charge is 0.417 e. The fourth-order valence-electron chi connectivity index (χ4n) is 2.16. The molecule has 8 heteroatoms. The van der Waals surface area contributed by atoms with E-state index in [0.717, 1.165) is 17.7 Å². The molecular formula is C17H14Cl2F3NO2. The maximum absolute atomic E-state index is 12.8. The summed E-state index contributed by atoms with van der Waals surface area (Å²) in [6.45, 7) is 0. The second-order valence-electron chi connectivity index (χ2n) is 5.21. The molecule has 2 rings (SSSR count). The van der Waals surface area contributed by atoms with Gasteiger partial charge in [0.05, 0.1) is 22.7 Å². The molecule has 1 amide bonds. The zero-order chi connectivity index (χ0) is 18.6. The first-order valence-corrected chi connectivity index (χ1v) is 7.95. The van der Waals surface area contributed by atoms with E-state index in [2.05, 4.69) is 5.32 Å². The molecular weight excluding hydrogens is 378 g/mol. The lowest BCUT2D eigenvalue weighted by Crippen LogP contribution is -2.14. The van der Waals surface area contributed by atoms with Crippen molar-refractivity contribution in [2.75, 3.05) is 12.4 Å². The fraction of sp³-hybridized carbons (Fsp3) is 0.235. The summed E-state index contributed by atoms with van der Waals surface area (Å²) in [5.74, 6) is 0.0801. The first-order chi connectivity index (χ1) is 11.7. The van der Waals surface area contributed by atoms with Crippen molar-refractivity contribution in [3.8, 4) is 5.75 Å². The number of nitrogens with one attached hydrogen (secondary N) is 1. The van der Waals surface area contributed by atoms with Crippen LogP contribution in [0.25, 0.3) is 0 Å². The standard InChI is InChI=1S/C17H14Cl2F3NO2/c1-25-15-8-10(2-5-14(15)19)3-7-16(24)23-11-4-6-13(18)12(9-11)17(20,21)22/h2,4-6,8-9H,3,7H2,1H3,(H,23,24). The van der Waals surface area contributed by atoms with Crippen LogP contribution in [0.4, 0.5) is 18.9 Å². The molecule has 134 valence electrons. The predicted molar refractivity (Wildman–Crippen MR) is 91.4 cm³/mol. The summed E-state index contributed by atoms with van der Waals surface area (Å²) in [5, 5.41) is 2.47. The number of amides is 1. The van der Waals surface area contributed by atoms with E-state index in [1.54, 1.807) is 18.2 Å². The molecule has 2 aromatic rings. The summed E-state index contributed by atoms with van der Waals surface area (Å²) in [6, 6.07) is 8.35. The summed E-state index contributed by atoms with van der Waals surface area (Å²) in [7, 11) is 1.48. The van der Waals surface area contributed by atoms with Gasteiger partial charge in [-0.15, -0.1) is 0 Å². The molecule has 0 aliphatic rings. The van der Waals surface area contributed by atoms with E-state index in [0.29, 0.717) is 17.2 Å². The van der Waals surface area contributed by atoms with E-state index in [4.69, 9.17) is 27.9 Å². The third kappa shape index (κ3) is 5.28. The highest BCUT2D eigenvalue weighted by Crippen LogP contribution is 2.36. The van der Waals surface area contributed by atoms with Gasteiger partial charge in [0.25, 0.3) is 0 Å². The van der Waals surface area contributed by atoms with Gasteiger partial charge in [0.15, 0.2) is 0 Å². The minimum atomic E-state index is -4.59. The number of hydrogen-bond donors (Lipinski definition) is 1. The van der Waals surface area contributed by atoms with Gasteiger partial charge in [-0.1, -0.05) is 29.3 Å². The van der Waals surface area contributed by atoms with Crippen LogP contribution in [0.1, 0.15) is 17.5 Å². The van der Waals surface area contributed by atoms with Crippen LogP contribution in [0.3, 0.4) is 0 Å². The van der Waals surface area contributed by atoms with E-state index < -0.39 is 22.7 Å². The van der Waals surface area contributed by atoms with Crippen molar-refractivity contribution in [2.24, 2.45) is 0 Å². The fourth-order valence-corrected chi connectivity index (χ4v) is 2.58. The van der Waals surface area contributed by atoms with Crippen LogP contribution in [-0.2, 0) is 17.4 Å². The van der Waals surface area contributed by atoms with Gasteiger partial charge in [0, 0.05) is 12.1 Å². The number of carbonyl (C=O) groups is 1. The number of methoxy groups -OCH3 is 1. The lowest BCUT2D eigenvalue weighted by molar-refractivity contribution is -0.137. The van der Waals surface area contributed by atoms with Crippen LogP contribution < -0.4 is 10.1 Å². The number of rotatable bonds is 5. The van der Waals surface area contributed by atoms with Crippen molar-refractivity contribution in [3.63, 3.8) is 0 Å². The Morgan fingerprint density at radius 3 is 2.44 bits per heavy atom. The molecule has 2 aromatic carbocycles. The molecule has 0 spiro atoms. The van der Waals surface area contributed by atoms with E-state index in [9.17, 15) is 18.0 Å². The highest BCUT2D eigenvalue weighted by atomic mass is 35.5. The van der Waals surface area contributed by atoms with Crippen LogP contribution >= 0.6 is 23.2 Å². The molecule has 1 N–H and O–H groups in total. The van der Waals surface area contributed by atoms with Crippen LogP contribution in [0.15, 0.2) is 36.4 Å². The number of halogens is 5. The van der Waals surface area contributed by atoms with Crippen LogP contribution in [0, 0.1) is 0 Å². The number of aryl methyl sites for hydroxylation is 1. The highest BCUT2D eigenvalue weighted by molar-refractivity contribution is 6.32. The van der Waals surface area contributed by atoms with Crippen molar-refractivity contribution in [1.29, 1.82) is 0 Å². The summed E-state index contributed by atoms with van der Waals surface area (Å²) in [6.07, 6.45) is -4.11. The number of anilines is 1. The van der Waals surface area contributed by atoms with E-state index >= 15 is 0 Å². The van der Waals surface area contributed by atoms with Gasteiger partial charge in [0.2, 0.25) is 5.91 Å². The van der Waals surface area contributed by atoms with E-state index in [-0.39, 0.29) is 12.1 Å². The molecule has 0 fully saturated rings. The lowest BCUT2D eigenvalue weighted by atomic mass is 10.1. The first kappa shape index (κ1) is 19.4. The Balaban J connectivity index is 2.01. The zero-order valence-electron chi connectivity index (χ0n) is 13.1. The van der Waals surface area contributed by atoms with Gasteiger partial charge >= 0.3 is 6.18 Å². The van der Waals surface area contributed by atoms with Crippen LogP contribution in [0.5, 0.6) is 5.75 Å². The van der Waals surface area contributed by atoms with Crippen molar-refractivity contribution in [3.05, 3.63) is 57.6 Å². The monoisotopic (exact) mass is 391 g/mol. The molecule has 3 nitrogen and oxygen atoms in total. The zero-order valence-corrected chi connectivity index (χ0v) is 14.6. The molecule has 0 saturated carbocycles. The molecule has 25 heavy (non-hydrogen) atoms. The normalized spacial score (nSPS) is 11.3. The third-order valence-electron chi connectivity index (χ3n) is 3.41. The van der Waals surface area contributed by atoms with Crippen LogP contribution in [0.2, 0.25) is 10.0 Å². The SMILES string of the molecule is COc1cc(CCC(=O)Nc2ccc(Cl)c(C(F)(F)F)c2)ccc1Cl. The molecule has 0 heterocycles. The molecule has 0 aliphatic carbocycles. The predicted octanol–water partition coefficient (Wildman–Crippen LogP) is 5.59. The Morgan fingerprint density at radius 1 is 1.12 bits per heavy atom.